The summed E-state index contributed by atoms with van der Waals surface area (Å²) in [6, 6.07) is 4.12. The van der Waals surface area contributed by atoms with Crippen LogP contribution in [0, 0.1) is 5.82 Å². The van der Waals surface area contributed by atoms with Crippen LogP contribution in [-0.2, 0) is 12.5 Å². The third-order valence-electron chi connectivity index (χ3n) is 3.35. The standard InChI is InChI=1S/C16H21FN2O2/c1-16(2,3)15-12(9-19(4)18-15)14(20)11-8-10(17)6-7-13(11)21-5/h6-9,14,20H,1-5H3. The summed E-state index contributed by atoms with van der Waals surface area (Å²) < 4.78 is 20.4. The van der Waals surface area contributed by atoms with E-state index in [1.54, 1.807) is 17.9 Å². The number of hydrogen-bond donors (Lipinski definition) is 1. The molecule has 1 atom stereocenters. The first-order valence-corrected chi connectivity index (χ1v) is 6.79. The number of aryl methyl sites for hydroxylation is 1. The van der Waals surface area contributed by atoms with Crippen molar-refractivity contribution in [1.29, 1.82) is 0 Å². The maximum atomic E-state index is 13.5. The lowest BCUT2D eigenvalue weighted by Crippen LogP contribution is -2.17. The van der Waals surface area contributed by atoms with Gasteiger partial charge >= 0.3 is 0 Å². The quantitative estimate of drug-likeness (QED) is 0.946. The van der Waals surface area contributed by atoms with Crippen molar-refractivity contribution in [1.82, 2.24) is 9.78 Å². The predicted octanol–water partition coefficient (Wildman–Crippen LogP) is 2.95. The SMILES string of the molecule is COc1ccc(F)cc1C(O)c1cn(C)nc1C(C)(C)C. The Balaban J connectivity index is 2.55. The van der Waals surface area contributed by atoms with Crippen molar-refractivity contribution in [2.45, 2.75) is 32.3 Å². The summed E-state index contributed by atoms with van der Waals surface area (Å²) in [6.45, 7) is 6.07. The lowest BCUT2D eigenvalue weighted by Gasteiger charge is -2.21. The van der Waals surface area contributed by atoms with E-state index in [9.17, 15) is 9.50 Å². The summed E-state index contributed by atoms with van der Waals surface area (Å²) in [5, 5.41) is 15.1. The Bertz CT molecular complexity index is 644. The normalized spacial score (nSPS) is 13.3. The molecule has 0 aliphatic heterocycles. The highest BCUT2D eigenvalue weighted by Crippen LogP contribution is 2.35. The van der Waals surface area contributed by atoms with Crippen molar-refractivity contribution in [3.63, 3.8) is 0 Å². The molecule has 0 bridgehead atoms. The largest absolute Gasteiger partial charge is 0.496 e. The molecular formula is C16H21FN2O2. The summed E-state index contributed by atoms with van der Waals surface area (Å²) in [6.07, 6.45) is 0.772. The highest BCUT2D eigenvalue weighted by Gasteiger charge is 2.28. The molecular weight excluding hydrogens is 271 g/mol. The Morgan fingerprint density at radius 2 is 1.95 bits per heavy atom. The molecule has 1 unspecified atom stereocenters. The van der Waals surface area contributed by atoms with Gasteiger partial charge in [-0.3, -0.25) is 4.68 Å². The van der Waals surface area contributed by atoms with Gasteiger partial charge in [0.05, 0.1) is 12.8 Å². The Labute approximate surface area is 124 Å². The second kappa shape index (κ2) is 5.48. The van der Waals surface area contributed by atoms with Crippen LogP contribution in [-0.4, -0.2) is 22.0 Å². The van der Waals surface area contributed by atoms with Crippen molar-refractivity contribution in [2.75, 3.05) is 7.11 Å². The number of nitrogens with zero attached hydrogens (tertiary/aromatic N) is 2. The maximum Gasteiger partial charge on any atom is 0.125 e. The molecule has 0 saturated heterocycles. The molecule has 5 heteroatoms. The Morgan fingerprint density at radius 3 is 2.52 bits per heavy atom. The van der Waals surface area contributed by atoms with Gasteiger partial charge in [0.25, 0.3) is 0 Å². The number of aliphatic hydroxyl groups is 1. The summed E-state index contributed by atoms with van der Waals surface area (Å²) >= 11 is 0. The number of aromatic nitrogens is 2. The minimum atomic E-state index is -0.987. The molecule has 0 saturated carbocycles. The fraction of sp³-hybridized carbons (Fsp3) is 0.438. The van der Waals surface area contributed by atoms with E-state index in [-0.39, 0.29) is 5.41 Å². The van der Waals surface area contributed by atoms with Crippen LogP contribution >= 0.6 is 0 Å². The van der Waals surface area contributed by atoms with Crippen molar-refractivity contribution < 1.29 is 14.2 Å². The average Bonchev–Trinajstić information content (AvgIpc) is 2.80. The molecule has 0 fully saturated rings. The number of rotatable bonds is 3. The van der Waals surface area contributed by atoms with Crippen LogP contribution in [0.3, 0.4) is 0 Å². The summed E-state index contributed by atoms with van der Waals surface area (Å²) in [7, 11) is 3.30. The first-order chi connectivity index (χ1) is 9.74. The zero-order valence-corrected chi connectivity index (χ0v) is 13.0. The molecule has 0 radical (unpaired) electrons. The van der Waals surface area contributed by atoms with Crippen LogP contribution in [0.2, 0.25) is 0 Å². The zero-order valence-electron chi connectivity index (χ0n) is 13.0. The van der Waals surface area contributed by atoms with E-state index in [0.29, 0.717) is 16.9 Å². The van der Waals surface area contributed by atoms with Crippen molar-refractivity contribution in [3.8, 4) is 5.75 Å². The number of hydrogen-bond acceptors (Lipinski definition) is 3. The zero-order chi connectivity index (χ0) is 15.8. The lowest BCUT2D eigenvalue weighted by atomic mass is 9.86. The van der Waals surface area contributed by atoms with Gasteiger partial charge in [0, 0.05) is 29.8 Å². The van der Waals surface area contributed by atoms with Gasteiger partial charge in [-0.2, -0.15) is 5.10 Å². The highest BCUT2D eigenvalue weighted by atomic mass is 19.1. The molecule has 1 aromatic carbocycles. The van der Waals surface area contributed by atoms with Crippen LogP contribution in [0.5, 0.6) is 5.75 Å². The van der Waals surface area contributed by atoms with E-state index in [1.807, 2.05) is 20.8 Å². The molecule has 21 heavy (non-hydrogen) atoms. The Hall–Kier alpha value is -1.88. The van der Waals surface area contributed by atoms with Gasteiger partial charge in [-0.05, 0) is 18.2 Å². The first-order valence-electron chi connectivity index (χ1n) is 6.79. The van der Waals surface area contributed by atoms with E-state index >= 15 is 0 Å². The van der Waals surface area contributed by atoms with Crippen LogP contribution in [0.25, 0.3) is 0 Å². The van der Waals surface area contributed by atoms with E-state index < -0.39 is 11.9 Å². The van der Waals surface area contributed by atoms with E-state index in [4.69, 9.17) is 4.74 Å². The Kier molecular flexibility index (Phi) is 4.05. The monoisotopic (exact) mass is 292 g/mol. The molecule has 2 rings (SSSR count). The van der Waals surface area contributed by atoms with Gasteiger partial charge in [-0.25, -0.2) is 4.39 Å². The minimum Gasteiger partial charge on any atom is -0.496 e. The van der Waals surface area contributed by atoms with Gasteiger partial charge in [0.15, 0.2) is 0 Å². The average molecular weight is 292 g/mol. The summed E-state index contributed by atoms with van der Waals surface area (Å²) in [5.74, 6) is 0.0404. The minimum absolute atomic E-state index is 0.224. The number of ether oxygens (including phenoxy) is 1. The second-order valence-electron chi connectivity index (χ2n) is 6.15. The fourth-order valence-electron chi connectivity index (χ4n) is 2.38. The molecule has 114 valence electrons. The number of benzene rings is 1. The topological polar surface area (TPSA) is 47.3 Å². The number of aliphatic hydroxyl groups excluding tert-OH is 1. The molecule has 1 aromatic heterocycles. The molecule has 1 heterocycles. The van der Waals surface area contributed by atoms with Crippen LogP contribution in [0.1, 0.15) is 43.7 Å². The summed E-state index contributed by atoms with van der Waals surface area (Å²) in [4.78, 5) is 0. The third kappa shape index (κ3) is 3.08. The summed E-state index contributed by atoms with van der Waals surface area (Å²) in [5.41, 5.74) is 1.62. The maximum absolute atomic E-state index is 13.5. The smallest absolute Gasteiger partial charge is 0.125 e. The number of halogens is 1. The van der Waals surface area contributed by atoms with Crippen LogP contribution < -0.4 is 4.74 Å². The van der Waals surface area contributed by atoms with Gasteiger partial charge in [-0.15, -0.1) is 0 Å². The molecule has 0 amide bonds. The molecule has 1 N–H and O–H groups in total. The third-order valence-corrected chi connectivity index (χ3v) is 3.35. The first kappa shape index (κ1) is 15.5. The Morgan fingerprint density at radius 1 is 1.29 bits per heavy atom. The molecule has 0 aliphatic rings. The molecule has 0 spiro atoms. The van der Waals surface area contributed by atoms with Crippen molar-refractivity contribution in [3.05, 3.63) is 47.0 Å². The molecule has 2 aromatic rings. The van der Waals surface area contributed by atoms with Crippen LogP contribution in [0.4, 0.5) is 4.39 Å². The van der Waals surface area contributed by atoms with Crippen molar-refractivity contribution >= 4 is 0 Å². The van der Waals surface area contributed by atoms with Crippen molar-refractivity contribution in [2.24, 2.45) is 7.05 Å². The fourth-order valence-corrected chi connectivity index (χ4v) is 2.38. The molecule has 0 aliphatic carbocycles. The predicted molar refractivity (Wildman–Crippen MR) is 78.9 cm³/mol. The number of methoxy groups -OCH3 is 1. The van der Waals surface area contributed by atoms with E-state index in [2.05, 4.69) is 5.10 Å². The molecule has 4 nitrogen and oxygen atoms in total. The van der Waals surface area contributed by atoms with E-state index in [1.165, 1.54) is 25.3 Å². The van der Waals surface area contributed by atoms with Gasteiger partial charge < -0.3 is 9.84 Å². The van der Waals surface area contributed by atoms with Gasteiger partial charge in [0.2, 0.25) is 0 Å². The van der Waals surface area contributed by atoms with E-state index in [0.717, 1.165) is 5.69 Å². The second-order valence-corrected chi connectivity index (χ2v) is 6.15. The van der Waals surface area contributed by atoms with Gasteiger partial charge in [-0.1, -0.05) is 20.8 Å². The highest BCUT2D eigenvalue weighted by molar-refractivity contribution is 5.42. The van der Waals surface area contributed by atoms with Gasteiger partial charge in [0.1, 0.15) is 17.7 Å². The van der Waals surface area contributed by atoms with Crippen LogP contribution in [0.15, 0.2) is 24.4 Å². The lowest BCUT2D eigenvalue weighted by molar-refractivity contribution is 0.211.